The maximum absolute atomic E-state index is 11.7. The Labute approximate surface area is 135 Å². The zero-order chi connectivity index (χ0) is 16.1. The van der Waals surface area contributed by atoms with E-state index in [1.54, 1.807) is 25.6 Å². The van der Waals surface area contributed by atoms with Gasteiger partial charge in [0.15, 0.2) is 0 Å². The van der Waals surface area contributed by atoms with Crippen molar-refractivity contribution >= 4 is 11.7 Å². The third-order valence-corrected chi connectivity index (χ3v) is 4.09. The monoisotopic (exact) mass is 312 g/mol. The summed E-state index contributed by atoms with van der Waals surface area (Å²) in [6.07, 6.45) is 7.94. The number of hydrogen-bond donors (Lipinski definition) is 1. The lowest BCUT2D eigenvalue weighted by atomic mass is 9.93. The molecule has 0 aliphatic carbocycles. The molecule has 2 aromatic rings. The van der Waals surface area contributed by atoms with E-state index in [4.69, 9.17) is 0 Å². The number of carbonyl (C=O) groups excluding carboxylic acids is 1. The van der Waals surface area contributed by atoms with Crippen LogP contribution in [0.5, 0.6) is 0 Å². The Morgan fingerprint density at radius 2 is 2.26 bits per heavy atom. The molecule has 1 amide bonds. The Bertz CT molecular complexity index is 663. The van der Waals surface area contributed by atoms with Crippen LogP contribution in [0.25, 0.3) is 0 Å². The van der Waals surface area contributed by atoms with Gasteiger partial charge in [-0.1, -0.05) is 0 Å². The SMILES string of the molecule is CNC(=O)c1cc(CC2CCCN(c3ccncn3)C2)ncn1. The predicted octanol–water partition coefficient (Wildman–Crippen LogP) is 1.09. The largest absolute Gasteiger partial charge is 0.356 e. The normalized spacial score (nSPS) is 17.8. The Morgan fingerprint density at radius 3 is 3.04 bits per heavy atom. The van der Waals surface area contributed by atoms with Gasteiger partial charge in [-0.15, -0.1) is 0 Å². The van der Waals surface area contributed by atoms with Crippen molar-refractivity contribution in [2.75, 3.05) is 25.0 Å². The number of hydrogen-bond acceptors (Lipinski definition) is 6. The molecule has 1 aliphatic heterocycles. The summed E-state index contributed by atoms with van der Waals surface area (Å²) in [7, 11) is 1.60. The van der Waals surface area contributed by atoms with Crippen molar-refractivity contribution in [3.8, 4) is 0 Å². The second-order valence-corrected chi connectivity index (χ2v) is 5.70. The Balaban J connectivity index is 1.67. The van der Waals surface area contributed by atoms with E-state index in [1.165, 1.54) is 6.33 Å². The zero-order valence-corrected chi connectivity index (χ0v) is 13.1. The second kappa shape index (κ2) is 7.13. The van der Waals surface area contributed by atoms with Crippen LogP contribution in [0.2, 0.25) is 0 Å². The van der Waals surface area contributed by atoms with Crippen LogP contribution in [0, 0.1) is 5.92 Å². The van der Waals surface area contributed by atoms with Gasteiger partial charge in [-0.25, -0.2) is 19.9 Å². The first-order valence-corrected chi connectivity index (χ1v) is 7.80. The average molecular weight is 312 g/mol. The number of aromatic nitrogens is 4. The Morgan fingerprint density at radius 1 is 1.35 bits per heavy atom. The van der Waals surface area contributed by atoms with Crippen LogP contribution in [-0.4, -0.2) is 46.0 Å². The van der Waals surface area contributed by atoms with Crippen molar-refractivity contribution < 1.29 is 4.79 Å². The molecule has 0 aromatic carbocycles. The van der Waals surface area contributed by atoms with Crippen molar-refractivity contribution in [3.63, 3.8) is 0 Å². The van der Waals surface area contributed by atoms with Crippen LogP contribution in [0.1, 0.15) is 29.0 Å². The first-order chi connectivity index (χ1) is 11.3. The maximum atomic E-state index is 11.7. The molecule has 0 bridgehead atoms. The van der Waals surface area contributed by atoms with Gasteiger partial charge >= 0.3 is 0 Å². The van der Waals surface area contributed by atoms with E-state index in [2.05, 4.69) is 30.2 Å². The van der Waals surface area contributed by atoms with E-state index in [0.717, 1.165) is 43.9 Å². The number of nitrogens with one attached hydrogen (secondary N) is 1. The molecule has 0 saturated carbocycles. The molecule has 3 heterocycles. The van der Waals surface area contributed by atoms with Crippen LogP contribution < -0.4 is 10.2 Å². The van der Waals surface area contributed by atoms with Crippen LogP contribution in [0.15, 0.2) is 31.0 Å². The van der Waals surface area contributed by atoms with Gasteiger partial charge in [0.2, 0.25) is 0 Å². The average Bonchev–Trinajstić information content (AvgIpc) is 2.62. The minimum atomic E-state index is -0.181. The first-order valence-electron chi connectivity index (χ1n) is 7.80. The summed E-state index contributed by atoms with van der Waals surface area (Å²) in [4.78, 5) is 30.6. The highest BCUT2D eigenvalue weighted by molar-refractivity contribution is 5.91. The number of nitrogens with zero attached hydrogens (tertiary/aromatic N) is 5. The van der Waals surface area contributed by atoms with Crippen LogP contribution in [0.4, 0.5) is 5.82 Å². The smallest absolute Gasteiger partial charge is 0.269 e. The van der Waals surface area contributed by atoms with E-state index in [0.29, 0.717) is 11.6 Å². The van der Waals surface area contributed by atoms with Crippen molar-refractivity contribution in [1.82, 2.24) is 25.3 Å². The Kier molecular flexibility index (Phi) is 4.75. The summed E-state index contributed by atoms with van der Waals surface area (Å²) < 4.78 is 0. The molecule has 3 rings (SSSR count). The molecule has 23 heavy (non-hydrogen) atoms. The van der Waals surface area contributed by atoms with Crippen LogP contribution in [-0.2, 0) is 6.42 Å². The highest BCUT2D eigenvalue weighted by Crippen LogP contribution is 2.23. The summed E-state index contributed by atoms with van der Waals surface area (Å²) in [6, 6.07) is 3.72. The first kappa shape index (κ1) is 15.3. The van der Waals surface area contributed by atoms with Crippen molar-refractivity contribution in [3.05, 3.63) is 42.4 Å². The number of rotatable bonds is 4. The predicted molar refractivity (Wildman–Crippen MR) is 86.1 cm³/mol. The van der Waals surface area contributed by atoms with Gasteiger partial charge in [0, 0.05) is 32.0 Å². The molecule has 7 heteroatoms. The minimum Gasteiger partial charge on any atom is -0.356 e. The van der Waals surface area contributed by atoms with Crippen LogP contribution in [0.3, 0.4) is 0 Å². The number of carbonyl (C=O) groups is 1. The summed E-state index contributed by atoms with van der Waals surface area (Å²) >= 11 is 0. The van der Waals surface area contributed by atoms with E-state index in [-0.39, 0.29) is 5.91 Å². The van der Waals surface area contributed by atoms with Gasteiger partial charge in [0.25, 0.3) is 5.91 Å². The lowest BCUT2D eigenvalue weighted by Crippen LogP contribution is -2.36. The van der Waals surface area contributed by atoms with Crippen molar-refractivity contribution in [2.45, 2.75) is 19.3 Å². The molecule has 1 saturated heterocycles. The summed E-state index contributed by atoms with van der Waals surface area (Å²) in [5.74, 6) is 1.28. The number of anilines is 1. The van der Waals surface area contributed by atoms with E-state index in [1.807, 2.05) is 6.07 Å². The molecule has 1 aliphatic rings. The third-order valence-electron chi connectivity index (χ3n) is 4.09. The van der Waals surface area contributed by atoms with E-state index in [9.17, 15) is 4.79 Å². The van der Waals surface area contributed by atoms with Gasteiger partial charge in [-0.2, -0.15) is 0 Å². The van der Waals surface area contributed by atoms with Crippen LogP contribution >= 0.6 is 0 Å². The van der Waals surface area contributed by atoms with E-state index >= 15 is 0 Å². The van der Waals surface area contributed by atoms with Crippen molar-refractivity contribution in [1.29, 1.82) is 0 Å². The molecule has 1 atom stereocenters. The third kappa shape index (κ3) is 3.80. The lowest BCUT2D eigenvalue weighted by molar-refractivity contribution is 0.0958. The highest BCUT2D eigenvalue weighted by atomic mass is 16.1. The molecule has 1 N–H and O–H groups in total. The van der Waals surface area contributed by atoms with Crippen molar-refractivity contribution in [2.24, 2.45) is 5.92 Å². The molecule has 1 unspecified atom stereocenters. The Hall–Kier alpha value is -2.57. The summed E-state index contributed by atoms with van der Waals surface area (Å²) in [6.45, 7) is 1.96. The van der Waals surface area contributed by atoms with Gasteiger partial charge in [-0.3, -0.25) is 4.79 Å². The molecule has 7 nitrogen and oxygen atoms in total. The fourth-order valence-corrected chi connectivity index (χ4v) is 2.97. The molecule has 2 aromatic heterocycles. The maximum Gasteiger partial charge on any atom is 0.269 e. The molecule has 1 fully saturated rings. The quantitative estimate of drug-likeness (QED) is 0.909. The number of amides is 1. The fraction of sp³-hybridized carbons (Fsp3) is 0.438. The molecule has 120 valence electrons. The fourth-order valence-electron chi connectivity index (χ4n) is 2.97. The zero-order valence-electron chi connectivity index (χ0n) is 13.1. The molecule has 0 spiro atoms. The van der Waals surface area contributed by atoms with Gasteiger partial charge in [0.05, 0.1) is 0 Å². The van der Waals surface area contributed by atoms with Gasteiger partial charge in [-0.05, 0) is 37.3 Å². The summed E-state index contributed by atoms with van der Waals surface area (Å²) in [5, 5.41) is 2.59. The minimum absolute atomic E-state index is 0.181. The van der Waals surface area contributed by atoms with Gasteiger partial charge < -0.3 is 10.2 Å². The molecule has 0 radical (unpaired) electrons. The topological polar surface area (TPSA) is 83.9 Å². The highest BCUT2D eigenvalue weighted by Gasteiger charge is 2.22. The molecular formula is C16H20N6O. The molecular weight excluding hydrogens is 292 g/mol. The summed E-state index contributed by atoms with van der Waals surface area (Å²) in [5.41, 5.74) is 1.33. The van der Waals surface area contributed by atoms with Gasteiger partial charge in [0.1, 0.15) is 24.2 Å². The second-order valence-electron chi connectivity index (χ2n) is 5.70. The number of piperidine rings is 1. The van der Waals surface area contributed by atoms with E-state index < -0.39 is 0 Å². The lowest BCUT2D eigenvalue weighted by Gasteiger charge is -2.33. The standard InChI is InChI=1S/C16H20N6O/c1-17-16(23)14-8-13(19-11-20-14)7-12-3-2-6-22(9-12)15-4-5-18-10-21-15/h4-5,8,10-12H,2-3,6-7,9H2,1H3,(H,17,23).